The number of carbonyl (C=O) groups is 1. The molecule has 0 bridgehead atoms. The van der Waals surface area contributed by atoms with Crippen molar-refractivity contribution in [1.82, 2.24) is 9.88 Å². The molecule has 29 heavy (non-hydrogen) atoms. The number of pyridine rings is 1. The normalized spacial score (nSPS) is 18.6. The number of thioether (sulfide) groups is 1. The molecule has 4 rings (SSSR count). The van der Waals surface area contributed by atoms with Gasteiger partial charge in [-0.3, -0.25) is 4.79 Å². The zero-order chi connectivity index (χ0) is 20.4. The van der Waals surface area contributed by atoms with Gasteiger partial charge in [-0.1, -0.05) is 30.3 Å². The maximum absolute atomic E-state index is 14.6. The Morgan fingerprint density at radius 3 is 2.72 bits per heavy atom. The predicted molar refractivity (Wildman–Crippen MR) is 110 cm³/mol. The smallest absolute Gasteiger partial charge is 0.287 e. The van der Waals surface area contributed by atoms with Crippen LogP contribution in [-0.4, -0.2) is 47.2 Å². The van der Waals surface area contributed by atoms with E-state index in [1.54, 1.807) is 30.3 Å². The molecule has 0 aliphatic carbocycles. The number of benzene rings is 2. The van der Waals surface area contributed by atoms with Gasteiger partial charge < -0.3 is 9.64 Å². The molecule has 1 fully saturated rings. The summed E-state index contributed by atoms with van der Waals surface area (Å²) in [7, 11) is 0. The SMILES string of the molecule is CSc1ccccc1C(=O)N1CCC(F)(F)C(Oc2ccc3ccccc3n2)C1. The average Bonchev–Trinajstić information content (AvgIpc) is 2.74. The third-order valence-electron chi connectivity index (χ3n) is 5.03. The molecule has 150 valence electrons. The lowest BCUT2D eigenvalue weighted by Gasteiger charge is -2.38. The number of ether oxygens (including phenoxy) is 1. The van der Waals surface area contributed by atoms with E-state index in [0.29, 0.717) is 11.1 Å². The number of fused-ring (bicyclic) bond motifs is 1. The van der Waals surface area contributed by atoms with Crippen molar-refractivity contribution < 1.29 is 18.3 Å². The number of rotatable bonds is 4. The van der Waals surface area contributed by atoms with Crippen LogP contribution in [0, 0.1) is 0 Å². The first-order valence-electron chi connectivity index (χ1n) is 9.30. The molecule has 7 heteroatoms. The average molecular weight is 414 g/mol. The van der Waals surface area contributed by atoms with Gasteiger partial charge in [0.1, 0.15) is 0 Å². The van der Waals surface area contributed by atoms with Gasteiger partial charge in [-0.15, -0.1) is 11.8 Å². The third kappa shape index (κ3) is 4.05. The minimum Gasteiger partial charge on any atom is -0.466 e. The van der Waals surface area contributed by atoms with Gasteiger partial charge in [-0.25, -0.2) is 13.8 Å². The molecule has 0 saturated carbocycles. The highest BCUT2D eigenvalue weighted by Gasteiger charge is 2.47. The number of hydrogen-bond donors (Lipinski definition) is 0. The van der Waals surface area contributed by atoms with E-state index < -0.39 is 18.4 Å². The van der Waals surface area contributed by atoms with Crippen molar-refractivity contribution in [2.45, 2.75) is 23.3 Å². The molecule has 1 aliphatic heterocycles. The molecule has 2 heterocycles. The lowest BCUT2D eigenvalue weighted by atomic mass is 10.0. The third-order valence-corrected chi connectivity index (χ3v) is 5.83. The molecule has 1 atom stereocenters. The van der Waals surface area contributed by atoms with Gasteiger partial charge in [0.15, 0.2) is 6.10 Å². The fraction of sp³-hybridized carbons (Fsp3) is 0.273. The van der Waals surface area contributed by atoms with Gasteiger partial charge >= 0.3 is 0 Å². The molecule has 1 aliphatic rings. The monoisotopic (exact) mass is 414 g/mol. The van der Waals surface area contributed by atoms with E-state index in [4.69, 9.17) is 4.74 Å². The Balaban J connectivity index is 1.56. The standard InChI is InChI=1S/C22H20F2N2O2S/c1-29-18-9-5-3-7-16(18)21(27)26-13-12-22(23,24)19(14-26)28-20-11-10-15-6-2-4-8-17(15)25-20/h2-11,19H,12-14H2,1H3. The van der Waals surface area contributed by atoms with E-state index >= 15 is 0 Å². The minimum atomic E-state index is -3.04. The maximum Gasteiger partial charge on any atom is 0.287 e. The van der Waals surface area contributed by atoms with Crippen LogP contribution < -0.4 is 4.74 Å². The van der Waals surface area contributed by atoms with Crippen LogP contribution in [0.2, 0.25) is 0 Å². The number of para-hydroxylation sites is 1. The quantitative estimate of drug-likeness (QED) is 0.571. The van der Waals surface area contributed by atoms with Crippen molar-refractivity contribution >= 4 is 28.6 Å². The number of piperidine rings is 1. The van der Waals surface area contributed by atoms with Crippen LogP contribution in [0.5, 0.6) is 5.88 Å². The van der Waals surface area contributed by atoms with E-state index in [0.717, 1.165) is 10.3 Å². The summed E-state index contributed by atoms with van der Waals surface area (Å²) in [5, 5.41) is 0.903. The number of amides is 1. The van der Waals surface area contributed by atoms with Gasteiger partial charge in [0, 0.05) is 29.3 Å². The lowest BCUT2D eigenvalue weighted by Crippen LogP contribution is -2.55. The van der Waals surface area contributed by atoms with Gasteiger partial charge in [0.25, 0.3) is 11.8 Å². The fourth-order valence-corrected chi connectivity index (χ4v) is 4.02. The Labute approximate surface area is 171 Å². The first kappa shape index (κ1) is 19.6. The zero-order valence-corrected chi connectivity index (χ0v) is 16.7. The van der Waals surface area contributed by atoms with Crippen LogP contribution >= 0.6 is 11.8 Å². The molecule has 1 aromatic heterocycles. The number of carbonyl (C=O) groups excluding carboxylic acids is 1. The first-order chi connectivity index (χ1) is 14.0. The Morgan fingerprint density at radius 1 is 1.14 bits per heavy atom. The number of aromatic nitrogens is 1. The first-order valence-corrected chi connectivity index (χ1v) is 10.5. The molecule has 1 unspecified atom stereocenters. The van der Waals surface area contributed by atoms with E-state index in [2.05, 4.69) is 4.98 Å². The van der Waals surface area contributed by atoms with E-state index in [-0.39, 0.29) is 24.9 Å². The number of nitrogens with zero attached hydrogens (tertiary/aromatic N) is 2. The van der Waals surface area contributed by atoms with Gasteiger partial charge in [0.05, 0.1) is 17.6 Å². The minimum absolute atomic E-state index is 0.0143. The number of alkyl halides is 2. The summed E-state index contributed by atoms with van der Waals surface area (Å²) in [4.78, 5) is 19.6. The number of likely N-dealkylation sites (tertiary alicyclic amines) is 1. The fourth-order valence-electron chi connectivity index (χ4n) is 3.43. The molecule has 4 nitrogen and oxygen atoms in total. The van der Waals surface area contributed by atoms with Crippen LogP contribution in [-0.2, 0) is 0 Å². The molecule has 3 aromatic rings. The van der Waals surface area contributed by atoms with Crippen molar-refractivity contribution in [3.8, 4) is 5.88 Å². The molecular weight excluding hydrogens is 394 g/mol. The lowest BCUT2D eigenvalue weighted by molar-refractivity contribution is -0.131. The summed E-state index contributed by atoms with van der Waals surface area (Å²) in [6, 6.07) is 18.0. The highest BCUT2D eigenvalue weighted by Crippen LogP contribution is 2.33. The highest BCUT2D eigenvalue weighted by atomic mass is 32.2. The van der Waals surface area contributed by atoms with Crippen molar-refractivity contribution in [3.05, 3.63) is 66.2 Å². The van der Waals surface area contributed by atoms with Crippen molar-refractivity contribution in [3.63, 3.8) is 0 Å². The van der Waals surface area contributed by atoms with E-state index in [1.165, 1.54) is 16.7 Å². The summed E-state index contributed by atoms with van der Waals surface area (Å²) in [6.07, 6.45) is -0.0121. The second-order valence-electron chi connectivity index (χ2n) is 6.91. The van der Waals surface area contributed by atoms with Crippen LogP contribution in [0.25, 0.3) is 10.9 Å². The summed E-state index contributed by atoms with van der Waals surface area (Å²) in [6.45, 7) is -0.206. The van der Waals surface area contributed by atoms with Crippen LogP contribution in [0.1, 0.15) is 16.8 Å². The maximum atomic E-state index is 14.6. The molecule has 0 radical (unpaired) electrons. The molecule has 0 spiro atoms. The summed E-state index contributed by atoms with van der Waals surface area (Å²) in [5.41, 5.74) is 1.19. The highest BCUT2D eigenvalue weighted by molar-refractivity contribution is 7.98. The number of halogens is 2. The van der Waals surface area contributed by atoms with E-state index in [1.807, 2.05) is 36.6 Å². The molecule has 1 amide bonds. The van der Waals surface area contributed by atoms with Crippen molar-refractivity contribution in [1.29, 1.82) is 0 Å². The van der Waals surface area contributed by atoms with Gasteiger partial charge in [0.2, 0.25) is 5.88 Å². The Hall–Kier alpha value is -2.67. The van der Waals surface area contributed by atoms with E-state index in [9.17, 15) is 13.6 Å². The second-order valence-corrected chi connectivity index (χ2v) is 7.76. The van der Waals surface area contributed by atoms with Crippen molar-refractivity contribution in [2.75, 3.05) is 19.3 Å². The summed E-state index contributed by atoms with van der Waals surface area (Å²) < 4.78 is 34.7. The Kier molecular flexibility index (Phi) is 5.41. The van der Waals surface area contributed by atoms with Gasteiger partial charge in [-0.05, 0) is 30.5 Å². The predicted octanol–water partition coefficient (Wildman–Crippen LogP) is 4.89. The molecular formula is C22H20F2N2O2S. The summed E-state index contributed by atoms with van der Waals surface area (Å²) >= 11 is 1.46. The molecule has 0 N–H and O–H groups in total. The largest absolute Gasteiger partial charge is 0.466 e. The Bertz CT molecular complexity index is 1040. The van der Waals surface area contributed by atoms with Crippen molar-refractivity contribution in [2.24, 2.45) is 0 Å². The molecule has 2 aromatic carbocycles. The second kappa shape index (κ2) is 7.99. The number of hydrogen-bond acceptors (Lipinski definition) is 4. The van der Waals surface area contributed by atoms with Crippen LogP contribution in [0.4, 0.5) is 8.78 Å². The van der Waals surface area contributed by atoms with Gasteiger partial charge in [-0.2, -0.15) is 0 Å². The zero-order valence-electron chi connectivity index (χ0n) is 15.8. The Morgan fingerprint density at radius 2 is 1.90 bits per heavy atom. The van der Waals surface area contributed by atoms with Crippen LogP contribution in [0.15, 0.2) is 65.6 Å². The van der Waals surface area contributed by atoms with Crippen LogP contribution in [0.3, 0.4) is 0 Å². The topological polar surface area (TPSA) is 42.4 Å². The molecule has 1 saturated heterocycles. The summed E-state index contributed by atoms with van der Waals surface area (Å²) in [5.74, 6) is -3.17.